The number of hydrogen-bond donors (Lipinski definition) is 0. The van der Waals surface area contributed by atoms with Gasteiger partial charge >= 0.3 is 6.18 Å². The van der Waals surface area contributed by atoms with E-state index in [1.165, 1.54) is 0 Å². The molecule has 0 radical (unpaired) electrons. The van der Waals surface area contributed by atoms with E-state index < -0.39 is 34.1 Å². The van der Waals surface area contributed by atoms with Crippen molar-refractivity contribution in [3.63, 3.8) is 0 Å². The van der Waals surface area contributed by atoms with Crippen LogP contribution in [0.3, 0.4) is 0 Å². The summed E-state index contributed by atoms with van der Waals surface area (Å²) in [5.74, 6) is -0.394. The van der Waals surface area contributed by atoms with Gasteiger partial charge in [0.15, 0.2) is 5.69 Å². The quantitative estimate of drug-likeness (QED) is 0.775. The second kappa shape index (κ2) is 4.52. The summed E-state index contributed by atoms with van der Waals surface area (Å²) < 4.78 is 65.8. The minimum atomic E-state index is -4.80. The van der Waals surface area contributed by atoms with Gasteiger partial charge in [-0.2, -0.15) is 13.2 Å². The molecular weight excluding hydrogens is 301 g/mol. The molecule has 0 fully saturated rings. The fourth-order valence-electron chi connectivity index (χ4n) is 1.05. The summed E-state index contributed by atoms with van der Waals surface area (Å²) in [7, 11) is 1.07. The van der Waals surface area contributed by atoms with Gasteiger partial charge in [0.1, 0.15) is 5.75 Å². The maximum absolute atomic E-state index is 12.5. The molecule has 0 saturated heterocycles. The van der Waals surface area contributed by atoms with Crippen molar-refractivity contribution in [1.29, 1.82) is 0 Å². The Bertz CT molecular complexity index is 393. The largest absolute Gasteiger partial charge is 0.495 e. The van der Waals surface area contributed by atoms with E-state index in [0.29, 0.717) is 6.20 Å². The molecule has 1 aromatic heterocycles. The maximum atomic E-state index is 12.5. The van der Waals surface area contributed by atoms with Gasteiger partial charge in [-0.1, -0.05) is 0 Å². The minimum Gasteiger partial charge on any atom is -0.495 e. The number of rotatable bonds is 2. The van der Waals surface area contributed by atoms with Gasteiger partial charge in [0.2, 0.25) is 0 Å². The van der Waals surface area contributed by atoms with Crippen LogP contribution in [0.1, 0.15) is 17.7 Å². The monoisotopic (exact) mass is 305 g/mol. The fraction of sp³-hybridized carbons (Fsp3) is 0.375. The number of ether oxygens (including phenoxy) is 1. The second-order valence-electron chi connectivity index (χ2n) is 2.70. The number of aromatic nitrogens is 1. The third-order valence-corrected chi connectivity index (χ3v) is 2.53. The summed E-state index contributed by atoms with van der Waals surface area (Å²) >= 11 is 2.47. The Kier molecular flexibility index (Phi) is 3.72. The van der Waals surface area contributed by atoms with Crippen LogP contribution < -0.4 is 4.74 Å². The first-order valence-corrected chi connectivity index (χ1v) is 4.66. The van der Waals surface area contributed by atoms with Gasteiger partial charge in [-0.05, 0) is 15.9 Å². The highest BCUT2D eigenvalue weighted by Gasteiger charge is 2.38. The molecule has 0 saturated carbocycles. The molecule has 0 amide bonds. The molecule has 0 N–H and O–H groups in total. The summed E-state index contributed by atoms with van der Waals surface area (Å²) in [6.45, 7) is 0. The van der Waals surface area contributed by atoms with Gasteiger partial charge in [0.05, 0.1) is 23.3 Å². The van der Waals surface area contributed by atoms with Gasteiger partial charge in [0.25, 0.3) is 6.43 Å². The molecule has 0 aliphatic carbocycles. The first-order chi connectivity index (χ1) is 7.29. The predicted molar refractivity (Wildman–Crippen MR) is 48.4 cm³/mol. The maximum Gasteiger partial charge on any atom is 0.434 e. The molecular formula is C8H5BrF5NO. The lowest BCUT2D eigenvalue weighted by atomic mass is 10.2. The number of hydrogen-bond acceptors (Lipinski definition) is 2. The summed E-state index contributed by atoms with van der Waals surface area (Å²) in [6, 6.07) is 0. The molecule has 0 unspecified atom stereocenters. The number of nitrogens with zero attached hydrogens (tertiary/aromatic N) is 1. The van der Waals surface area contributed by atoms with Crippen molar-refractivity contribution < 1.29 is 26.7 Å². The van der Waals surface area contributed by atoms with Crippen LogP contribution in [-0.2, 0) is 6.18 Å². The third kappa shape index (κ3) is 2.42. The standard InChI is InChI=1S/C8H5BrF5NO/c1-16-3-2-15-6(8(12,13)14)5(9)4(3)7(10)11/h2,7H,1H3. The normalized spacial score (nSPS) is 12.0. The Labute approximate surface area is 95.6 Å². The van der Waals surface area contributed by atoms with Crippen LogP contribution in [0.25, 0.3) is 0 Å². The van der Waals surface area contributed by atoms with Crippen LogP contribution in [0.4, 0.5) is 22.0 Å². The van der Waals surface area contributed by atoms with Crippen molar-refractivity contribution in [3.8, 4) is 5.75 Å². The highest BCUT2D eigenvalue weighted by molar-refractivity contribution is 9.10. The Morgan fingerprint density at radius 1 is 1.38 bits per heavy atom. The molecule has 2 nitrogen and oxygen atoms in total. The first-order valence-electron chi connectivity index (χ1n) is 3.86. The predicted octanol–water partition coefficient (Wildman–Crippen LogP) is 3.81. The average Bonchev–Trinajstić information content (AvgIpc) is 2.14. The molecule has 1 rings (SSSR count). The molecule has 0 bridgehead atoms. The zero-order valence-electron chi connectivity index (χ0n) is 7.78. The lowest BCUT2D eigenvalue weighted by Gasteiger charge is -2.14. The second-order valence-corrected chi connectivity index (χ2v) is 3.49. The molecule has 0 aromatic carbocycles. The number of alkyl halides is 5. The molecule has 1 aromatic rings. The van der Waals surface area contributed by atoms with Gasteiger partial charge < -0.3 is 4.74 Å². The van der Waals surface area contributed by atoms with Crippen LogP contribution in [0.15, 0.2) is 10.7 Å². The topological polar surface area (TPSA) is 22.1 Å². The van der Waals surface area contributed by atoms with E-state index in [9.17, 15) is 22.0 Å². The zero-order chi connectivity index (χ0) is 12.5. The van der Waals surface area contributed by atoms with Crippen molar-refractivity contribution in [1.82, 2.24) is 4.98 Å². The van der Waals surface area contributed by atoms with Crippen LogP contribution in [0, 0.1) is 0 Å². The first kappa shape index (κ1) is 13.1. The average molecular weight is 306 g/mol. The van der Waals surface area contributed by atoms with Gasteiger partial charge in [-0.15, -0.1) is 0 Å². The van der Waals surface area contributed by atoms with E-state index in [0.717, 1.165) is 7.11 Å². The highest BCUT2D eigenvalue weighted by atomic mass is 79.9. The minimum absolute atomic E-state index is 0.394. The lowest BCUT2D eigenvalue weighted by molar-refractivity contribution is -0.142. The Morgan fingerprint density at radius 3 is 2.31 bits per heavy atom. The summed E-state index contributed by atoms with van der Waals surface area (Å²) in [5.41, 5.74) is -2.26. The smallest absolute Gasteiger partial charge is 0.434 e. The Morgan fingerprint density at radius 2 is 1.94 bits per heavy atom. The van der Waals surface area contributed by atoms with E-state index in [1.807, 2.05) is 0 Å². The molecule has 90 valence electrons. The molecule has 1 heterocycles. The molecule has 0 aliphatic rings. The van der Waals surface area contributed by atoms with Crippen molar-refractivity contribution in [2.75, 3.05) is 7.11 Å². The molecule has 0 atom stereocenters. The Hall–Kier alpha value is -0.920. The van der Waals surface area contributed by atoms with E-state index >= 15 is 0 Å². The summed E-state index contributed by atoms with van der Waals surface area (Å²) in [5, 5.41) is 0. The molecule has 0 spiro atoms. The van der Waals surface area contributed by atoms with Crippen LogP contribution in [0.5, 0.6) is 5.75 Å². The van der Waals surface area contributed by atoms with Gasteiger partial charge in [0, 0.05) is 0 Å². The van der Waals surface area contributed by atoms with E-state index in [-0.39, 0.29) is 0 Å². The van der Waals surface area contributed by atoms with Crippen LogP contribution in [0.2, 0.25) is 0 Å². The van der Waals surface area contributed by atoms with Crippen molar-refractivity contribution in [2.24, 2.45) is 0 Å². The third-order valence-electron chi connectivity index (χ3n) is 1.73. The van der Waals surface area contributed by atoms with Crippen LogP contribution in [-0.4, -0.2) is 12.1 Å². The molecule has 0 aliphatic heterocycles. The van der Waals surface area contributed by atoms with Crippen molar-refractivity contribution in [3.05, 3.63) is 21.9 Å². The van der Waals surface area contributed by atoms with Crippen molar-refractivity contribution in [2.45, 2.75) is 12.6 Å². The zero-order valence-corrected chi connectivity index (χ0v) is 9.36. The van der Waals surface area contributed by atoms with E-state index in [4.69, 9.17) is 0 Å². The summed E-state index contributed by atoms with van der Waals surface area (Å²) in [6.07, 6.45) is -7.27. The van der Waals surface area contributed by atoms with E-state index in [1.54, 1.807) is 0 Å². The van der Waals surface area contributed by atoms with Gasteiger partial charge in [-0.25, -0.2) is 13.8 Å². The van der Waals surface area contributed by atoms with Gasteiger partial charge in [-0.3, -0.25) is 0 Å². The fourth-order valence-corrected chi connectivity index (χ4v) is 1.74. The number of methoxy groups -OCH3 is 1. The Balaban J connectivity index is 3.44. The van der Waals surface area contributed by atoms with Crippen LogP contribution >= 0.6 is 15.9 Å². The van der Waals surface area contributed by atoms with E-state index in [2.05, 4.69) is 25.7 Å². The highest BCUT2D eigenvalue weighted by Crippen LogP contribution is 2.41. The number of halogens is 6. The van der Waals surface area contributed by atoms with Crippen molar-refractivity contribution >= 4 is 15.9 Å². The lowest BCUT2D eigenvalue weighted by Crippen LogP contribution is -2.11. The summed E-state index contributed by atoms with van der Waals surface area (Å²) in [4.78, 5) is 3.03. The SMILES string of the molecule is COc1cnc(C(F)(F)F)c(Br)c1C(F)F. The molecule has 8 heteroatoms. The number of pyridine rings is 1. The molecule has 16 heavy (non-hydrogen) atoms.